The van der Waals surface area contributed by atoms with Crippen LogP contribution in [-0.4, -0.2) is 19.4 Å². The molecule has 0 saturated heterocycles. The van der Waals surface area contributed by atoms with Crippen LogP contribution in [0, 0.1) is 0 Å². The fourth-order valence-corrected chi connectivity index (χ4v) is 2.33. The van der Waals surface area contributed by atoms with Gasteiger partial charge in [-0.25, -0.2) is 0 Å². The van der Waals surface area contributed by atoms with E-state index in [-0.39, 0.29) is 7.92 Å². The van der Waals surface area contributed by atoms with Gasteiger partial charge in [-0.2, -0.15) is 0 Å². The first-order chi connectivity index (χ1) is 5.34. The fourth-order valence-electron chi connectivity index (χ4n) is 1.01. The van der Waals surface area contributed by atoms with Crippen molar-refractivity contribution in [3.63, 3.8) is 0 Å². The molecule has 1 atom stereocenters. The molecule has 1 aromatic carbocycles. The number of hydrogen-bond donors (Lipinski definition) is 1. The Hall–Kier alpha value is -0.390. The summed E-state index contributed by atoms with van der Waals surface area (Å²) < 4.78 is 0. The Balaban J connectivity index is 2.61. The lowest BCUT2D eigenvalue weighted by Gasteiger charge is -2.09. The lowest BCUT2D eigenvalue weighted by molar-refractivity contribution is 1.14. The van der Waals surface area contributed by atoms with E-state index in [2.05, 4.69) is 37.0 Å². The third kappa shape index (κ3) is 2.61. The van der Waals surface area contributed by atoms with Gasteiger partial charge in [0.05, 0.1) is 0 Å². The first kappa shape index (κ1) is 8.70. The zero-order valence-corrected chi connectivity index (χ0v) is 7.72. The largest absolute Gasteiger partial charge is 0.330 e. The molecule has 2 heteroatoms. The summed E-state index contributed by atoms with van der Waals surface area (Å²) in [5.41, 5.74) is 5.48. The molecular weight excluding hydrogens is 153 g/mol. The van der Waals surface area contributed by atoms with Gasteiger partial charge in [0.2, 0.25) is 0 Å². The number of nitrogens with two attached hydrogens (primary N) is 1. The van der Waals surface area contributed by atoms with Crippen LogP contribution in [0.3, 0.4) is 0 Å². The highest BCUT2D eigenvalue weighted by atomic mass is 31.1. The van der Waals surface area contributed by atoms with Crippen molar-refractivity contribution in [1.29, 1.82) is 0 Å². The Bertz CT molecular complexity index is 198. The maximum atomic E-state index is 5.48. The third-order valence-corrected chi connectivity index (χ3v) is 3.77. The second kappa shape index (κ2) is 4.48. The van der Waals surface area contributed by atoms with E-state index in [0.29, 0.717) is 0 Å². The predicted octanol–water partition coefficient (Wildman–Crippen LogP) is 1.38. The number of hydrogen-bond acceptors (Lipinski definition) is 1. The predicted molar refractivity (Wildman–Crippen MR) is 52.8 cm³/mol. The highest BCUT2D eigenvalue weighted by Crippen LogP contribution is 2.27. The summed E-state index contributed by atoms with van der Waals surface area (Å²) in [6.45, 7) is 3.08. The van der Waals surface area contributed by atoms with Crippen LogP contribution < -0.4 is 11.0 Å². The second-order valence-corrected chi connectivity index (χ2v) is 4.91. The van der Waals surface area contributed by atoms with Gasteiger partial charge in [0, 0.05) is 0 Å². The molecule has 0 bridgehead atoms. The molecule has 0 fully saturated rings. The van der Waals surface area contributed by atoms with Crippen molar-refractivity contribution in [3.8, 4) is 0 Å². The number of rotatable bonds is 3. The van der Waals surface area contributed by atoms with E-state index < -0.39 is 0 Å². The van der Waals surface area contributed by atoms with Crippen LogP contribution >= 0.6 is 7.92 Å². The second-order valence-electron chi connectivity index (χ2n) is 2.55. The van der Waals surface area contributed by atoms with Crippen LogP contribution in [0.15, 0.2) is 30.3 Å². The average molecular weight is 167 g/mol. The summed E-state index contributed by atoms with van der Waals surface area (Å²) in [6, 6.07) is 10.6. The van der Waals surface area contributed by atoms with Crippen LogP contribution in [0.25, 0.3) is 0 Å². The maximum Gasteiger partial charge on any atom is -0.00349 e. The zero-order chi connectivity index (χ0) is 8.10. The Morgan fingerprint density at radius 2 is 1.91 bits per heavy atom. The smallest absolute Gasteiger partial charge is 0.00349 e. The van der Waals surface area contributed by atoms with Crippen molar-refractivity contribution >= 4 is 13.2 Å². The highest BCUT2D eigenvalue weighted by molar-refractivity contribution is 7.64. The minimum absolute atomic E-state index is 0.000772. The van der Waals surface area contributed by atoms with E-state index in [1.165, 1.54) is 5.30 Å². The molecule has 11 heavy (non-hydrogen) atoms. The summed E-state index contributed by atoms with van der Waals surface area (Å²) in [4.78, 5) is 0. The summed E-state index contributed by atoms with van der Waals surface area (Å²) >= 11 is 0. The molecular formula is C9H14NP. The van der Waals surface area contributed by atoms with Gasteiger partial charge in [-0.05, 0) is 24.7 Å². The SMILES string of the molecule is CP(CCN)c1ccccc1. The van der Waals surface area contributed by atoms with E-state index >= 15 is 0 Å². The molecule has 0 aromatic heterocycles. The van der Waals surface area contributed by atoms with E-state index in [1.54, 1.807) is 0 Å². The van der Waals surface area contributed by atoms with Crippen LogP contribution in [0.2, 0.25) is 0 Å². The fraction of sp³-hybridized carbons (Fsp3) is 0.333. The van der Waals surface area contributed by atoms with Crippen LogP contribution in [0.1, 0.15) is 0 Å². The van der Waals surface area contributed by atoms with Gasteiger partial charge in [-0.3, -0.25) is 0 Å². The minimum Gasteiger partial charge on any atom is -0.330 e. The summed E-state index contributed by atoms with van der Waals surface area (Å²) in [5.74, 6) is 0. The molecule has 0 amide bonds. The molecule has 0 aliphatic rings. The van der Waals surface area contributed by atoms with Gasteiger partial charge in [-0.15, -0.1) is 0 Å². The monoisotopic (exact) mass is 167 g/mol. The molecule has 0 spiro atoms. The van der Waals surface area contributed by atoms with E-state index in [4.69, 9.17) is 5.73 Å². The van der Waals surface area contributed by atoms with Gasteiger partial charge in [0.15, 0.2) is 0 Å². The first-order valence-electron chi connectivity index (χ1n) is 3.81. The number of benzene rings is 1. The molecule has 0 radical (unpaired) electrons. The van der Waals surface area contributed by atoms with Crippen molar-refractivity contribution in [2.24, 2.45) is 5.73 Å². The quantitative estimate of drug-likeness (QED) is 0.676. The summed E-state index contributed by atoms with van der Waals surface area (Å²) in [5, 5.41) is 1.45. The first-order valence-corrected chi connectivity index (χ1v) is 5.78. The van der Waals surface area contributed by atoms with Crippen molar-refractivity contribution in [3.05, 3.63) is 30.3 Å². The Morgan fingerprint density at radius 3 is 2.45 bits per heavy atom. The van der Waals surface area contributed by atoms with Crippen molar-refractivity contribution < 1.29 is 0 Å². The minimum atomic E-state index is -0.000772. The van der Waals surface area contributed by atoms with E-state index in [9.17, 15) is 0 Å². The van der Waals surface area contributed by atoms with Crippen LogP contribution in [0.4, 0.5) is 0 Å². The Labute approximate surface area is 69.4 Å². The van der Waals surface area contributed by atoms with Crippen LogP contribution in [0.5, 0.6) is 0 Å². The standard InChI is InChI=1S/C9H14NP/c1-11(8-7-10)9-5-3-2-4-6-9/h2-6H,7-8,10H2,1H3. The van der Waals surface area contributed by atoms with Gasteiger partial charge in [0.1, 0.15) is 0 Å². The molecule has 1 rings (SSSR count). The topological polar surface area (TPSA) is 26.0 Å². The molecule has 60 valence electrons. The van der Waals surface area contributed by atoms with Gasteiger partial charge in [0.25, 0.3) is 0 Å². The normalized spacial score (nSPS) is 12.9. The molecule has 2 N–H and O–H groups in total. The average Bonchev–Trinajstić information content (AvgIpc) is 2.07. The Morgan fingerprint density at radius 1 is 1.27 bits per heavy atom. The zero-order valence-electron chi connectivity index (χ0n) is 6.83. The van der Waals surface area contributed by atoms with Crippen molar-refractivity contribution in [2.75, 3.05) is 19.4 Å². The van der Waals surface area contributed by atoms with E-state index in [0.717, 1.165) is 12.7 Å². The molecule has 0 aliphatic carbocycles. The van der Waals surface area contributed by atoms with Crippen LogP contribution in [-0.2, 0) is 0 Å². The molecule has 0 heterocycles. The van der Waals surface area contributed by atoms with Crippen molar-refractivity contribution in [2.45, 2.75) is 0 Å². The lowest BCUT2D eigenvalue weighted by atomic mass is 10.4. The van der Waals surface area contributed by atoms with Gasteiger partial charge < -0.3 is 5.73 Å². The molecule has 1 nitrogen and oxygen atoms in total. The summed E-state index contributed by atoms with van der Waals surface area (Å²) in [6.07, 6.45) is 1.14. The summed E-state index contributed by atoms with van der Waals surface area (Å²) in [7, 11) is -0.000772. The highest BCUT2D eigenvalue weighted by Gasteiger charge is 2.00. The van der Waals surface area contributed by atoms with Gasteiger partial charge >= 0.3 is 0 Å². The molecule has 1 aromatic rings. The third-order valence-electron chi connectivity index (χ3n) is 1.66. The molecule has 1 unspecified atom stereocenters. The molecule has 0 saturated carbocycles. The maximum absolute atomic E-state index is 5.48. The Kier molecular flexibility index (Phi) is 3.55. The van der Waals surface area contributed by atoms with Gasteiger partial charge in [-0.1, -0.05) is 38.3 Å². The molecule has 0 aliphatic heterocycles. The lowest BCUT2D eigenvalue weighted by Crippen LogP contribution is -2.09. The van der Waals surface area contributed by atoms with E-state index in [1.807, 2.05) is 0 Å². The van der Waals surface area contributed by atoms with Crippen molar-refractivity contribution in [1.82, 2.24) is 0 Å².